The lowest BCUT2D eigenvalue weighted by Crippen LogP contribution is -2.23. The van der Waals surface area contributed by atoms with E-state index >= 15 is 0 Å². The minimum Gasteiger partial charge on any atom is -0.325 e. The number of aromatic nitrogens is 2. The van der Waals surface area contributed by atoms with E-state index in [-0.39, 0.29) is 23.3 Å². The fraction of sp³-hybridized carbons (Fsp3) is 0.286. The Morgan fingerprint density at radius 1 is 1.19 bits per heavy atom. The third kappa shape index (κ3) is 3.76. The topological polar surface area (TPSA) is 64.0 Å². The summed E-state index contributed by atoms with van der Waals surface area (Å²) in [7, 11) is 0. The standard InChI is InChI=1S/C21H21N3O2S/c1-2-14-7-3-5-9-17(14)22-19(25)13-27-21-23-18-10-6-4-8-16(18)20(26)24(21)15-11-12-15/h3-10,15H,2,11-13H2,1H3,(H,22,25). The van der Waals surface area contributed by atoms with E-state index in [9.17, 15) is 9.59 Å². The fourth-order valence-electron chi connectivity index (χ4n) is 3.15. The van der Waals surface area contributed by atoms with Gasteiger partial charge < -0.3 is 5.32 Å². The molecule has 3 aromatic rings. The van der Waals surface area contributed by atoms with Crippen molar-refractivity contribution in [3.8, 4) is 0 Å². The average molecular weight is 379 g/mol. The molecule has 1 fully saturated rings. The van der Waals surface area contributed by atoms with Crippen molar-refractivity contribution in [2.45, 2.75) is 37.4 Å². The van der Waals surface area contributed by atoms with Crippen LogP contribution >= 0.6 is 11.8 Å². The Balaban J connectivity index is 1.56. The number of para-hydroxylation sites is 2. The number of carbonyl (C=O) groups is 1. The van der Waals surface area contributed by atoms with Crippen molar-refractivity contribution in [1.82, 2.24) is 9.55 Å². The molecule has 1 amide bonds. The lowest BCUT2D eigenvalue weighted by atomic mass is 10.1. The van der Waals surface area contributed by atoms with Crippen LogP contribution < -0.4 is 10.9 Å². The number of hydrogen-bond acceptors (Lipinski definition) is 4. The van der Waals surface area contributed by atoms with Crippen molar-refractivity contribution >= 4 is 34.3 Å². The van der Waals surface area contributed by atoms with E-state index in [0.717, 1.165) is 30.5 Å². The number of hydrogen-bond donors (Lipinski definition) is 1. The summed E-state index contributed by atoms with van der Waals surface area (Å²) in [6.45, 7) is 2.06. The molecular formula is C21H21N3O2S. The first-order chi connectivity index (χ1) is 13.2. The van der Waals surface area contributed by atoms with Gasteiger partial charge in [-0.15, -0.1) is 0 Å². The van der Waals surface area contributed by atoms with Gasteiger partial charge in [-0.05, 0) is 43.0 Å². The number of fused-ring (bicyclic) bond motifs is 1. The van der Waals surface area contributed by atoms with Gasteiger partial charge in [-0.2, -0.15) is 0 Å². The Labute approximate surface area is 161 Å². The van der Waals surface area contributed by atoms with Crippen LogP contribution in [-0.4, -0.2) is 21.2 Å². The zero-order chi connectivity index (χ0) is 18.8. The second-order valence-corrected chi connectivity index (χ2v) is 7.61. The molecule has 1 aliphatic rings. The maximum Gasteiger partial charge on any atom is 0.262 e. The highest BCUT2D eigenvalue weighted by Crippen LogP contribution is 2.36. The number of nitrogens with zero attached hydrogens (tertiary/aromatic N) is 2. The van der Waals surface area contributed by atoms with Crippen molar-refractivity contribution in [2.75, 3.05) is 11.1 Å². The molecule has 27 heavy (non-hydrogen) atoms. The summed E-state index contributed by atoms with van der Waals surface area (Å²) < 4.78 is 1.76. The molecule has 0 saturated heterocycles. The number of thioether (sulfide) groups is 1. The van der Waals surface area contributed by atoms with Crippen molar-refractivity contribution in [2.24, 2.45) is 0 Å². The Kier molecular flexibility index (Phi) is 4.99. The minimum absolute atomic E-state index is 0.0117. The Morgan fingerprint density at radius 3 is 2.70 bits per heavy atom. The number of rotatable bonds is 6. The molecule has 1 saturated carbocycles. The van der Waals surface area contributed by atoms with Gasteiger partial charge in [0.2, 0.25) is 5.91 Å². The molecule has 2 aromatic carbocycles. The lowest BCUT2D eigenvalue weighted by molar-refractivity contribution is -0.113. The molecule has 0 unspecified atom stereocenters. The molecule has 0 spiro atoms. The highest BCUT2D eigenvalue weighted by atomic mass is 32.2. The van der Waals surface area contributed by atoms with Crippen LogP contribution in [0.1, 0.15) is 31.4 Å². The van der Waals surface area contributed by atoms with Crippen LogP contribution in [0.5, 0.6) is 0 Å². The molecule has 1 aromatic heterocycles. The zero-order valence-corrected chi connectivity index (χ0v) is 16.0. The first-order valence-corrected chi connectivity index (χ1v) is 10.2. The quantitative estimate of drug-likeness (QED) is 0.519. The van der Waals surface area contributed by atoms with Crippen molar-refractivity contribution in [3.05, 3.63) is 64.4 Å². The summed E-state index contributed by atoms with van der Waals surface area (Å²) >= 11 is 1.33. The van der Waals surface area contributed by atoms with Gasteiger partial charge >= 0.3 is 0 Å². The third-order valence-electron chi connectivity index (χ3n) is 4.69. The van der Waals surface area contributed by atoms with E-state index in [4.69, 9.17) is 0 Å². The van der Waals surface area contributed by atoms with E-state index in [1.165, 1.54) is 11.8 Å². The van der Waals surface area contributed by atoms with Crippen LogP contribution in [0.25, 0.3) is 10.9 Å². The Hall–Kier alpha value is -2.60. The monoisotopic (exact) mass is 379 g/mol. The molecular weight excluding hydrogens is 358 g/mol. The van der Waals surface area contributed by atoms with E-state index in [1.807, 2.05) is 48.5 Å². The van der Waals surface area contributed by atoms with E-state index < -0.39 is 0 Å². The number of carbonyl (C=O) groups excluding carboxylic acids is 1. The summed E-state index contributed by atoms with van der Waals surface area (Å²) in [5.41, 5.74) is 2.62. The third-order valence-corrected chi connectivity index (χ3v) is 5.64. The normalized spacial score (nSPS) is 13.7. The van der Waals surface area contributed by atoms with Gasteiger partial charge in [0.15, 0.2) is 5.16 Å². The Bertz CT molecular complexity index is 1060. The summed E-state index contributed by atoms with van der Waals surface area (Å²) in [5, 5.41) is 4.23. The largest absolute Gasteiger partial charge is 0.325 e. The highest BCUT2D eigenvalue weighted by Gasteiger charge is 2.28. The van der Waals surface area contributed by atoms with Crippen LogP contribution in [-0.2, 0) is 11.2 Å². The van der Waals surface area contributed by atoms with Crippen molar-refractivity contribution in [3.63, 3.8) is 0 Å². The van der Waals surface area contributed by atoms with Crippen LogP contribution in [0.2, 0.25) is 0 Å². The highest BCUT2D eigenvalue weighted by molar-refractivity contribution is 7.99. The second-order valence-electron chi connectivity index (χ2n) is 6.67. The summed E-state index contributed by atoms with van der Waals surface area (Å²) in [6.07, 6.45) is 2.84. The van der Waals surface area contributed by atoms with Gasteiger partial charge in [-0.3, -0.25) is 14.2 Å². The van der Waals surface area contributed by atoms with Crippen LogP contribution in [0.15, 0.2) is 58.5 Å². The van der Waals surface area contributed by atoms with Gasteiger partial charge in [0, 0.05) is 11.7 Å². The van der Waals surface area contributed by atoms with E-state index in [0.29, 0.717) is 16.1 Å². The zero-order valence-electron chi connectivity index (χ0n) is 15.1. The first kappa shape index (κ1) is 17.8. The maximum atomic E-state index is 12.9. The first-order valence-electron chi connectivity index (χ1n) is 9.19. The summed E-state index contributed by atoms with van der Waals surface area (Å²) in [6, 6.07) is 15.4. The molecule has 0 radical (unpaired) electrons. The predicted octanol–water partition coefficient (Wildman–Crippen LogP) is 4.02. The second kappa shape index (κ2) is 7.56. The maximum absolute atomic E-state index is 12.9. The van der Waals surface area contributed by atoms with E-state index in [2.05, 4.69) is 17.2 Å². The number of anilines is 1. The molecule has 0 aliphatic heterocycles. The fourth-order valence-corrected chi connectivity index (χ4v) is 4.02. The molecule has 0 bridgehead atoms. The molecule has 1 N–H and O–H groups in total. The summed E-state index contributed by atoms with van der Waals surface area (Å²) in [4.78, 5) is 30.0. The number of aryl methyl sites for hydroxylation is 1. The van der Waals surface area contributed by atoms with Gasteiger partial charge in [0.25, 0.3) is 5.56 Å². The average Bonchev–Trinajstić information content (AvgIpc) is 3.52. The predicted molar refractivity (Wildman–Crippen MR) is 109 cm³/mol. The van der Waals surface area contributed by atoms with Crippen LogP contribution in [0, 0.1) is 0 Å². The molecule has 138 valence electrons. The Morgan fingerprint density at radius 2 is 1.93 bits per heavy atom. The van der Waals surface area contributed by atoms with Crippen molar-refractivity contribution in [1.29, 1.82) is 0 Å². The van der Waals surface area contributed by atoms with Gasteiger partial charge in [0.05, 0.1) is 16.7 Å². The molecule has 1 aliphatic carbocycles. The smallest absolute Gasteiger partial charge is 0.262 e. The van der Waals surface area contributed by atoms with Crippen LogP contribution in [0.4, 0.5) is 5.69 Å². The van der Waals surface area contributed by atoms with Gasteiger partial charge in [0.1, 0.15) is 0 Å². The lowest BCUT2D eigenvalue weighted by Gasteiger charge is -2.13. The molecule has 4 rings (SSSR count). The molecule has 5 nitrogen and oxygen atoms in total. The number of benzene rings is 2. The van der Waals surface area contributed by atoms with E-state index in [1.54, 1.807) is 4.57 Å². The summed E-state index contributed by atoms with van der Waals surface area (Å²) in [5.74, 6) is 0.126. The molecule has 0 atom stereocenters. The van der Waals surface area contributed by atoms with Gasteiger partial charge in [-0.25, -0.2) is 4.98 Å². The minimum atomic E-state index is -0.0920. The number of nitrogens with one attached hydrogen (secondary N) is 1. The number of amides is 1. The molecule has 6 heteroatoms. The molecule has 1 heterocycles. The van der Waals surface area contributed by atoms with Crippen molar-refractivity contribution < 1.29 is 4.79 Å². The SMILES string of the molecule is CCc1ccccc1NC(=O)CSc1nc2ccccc2c(=O)n1C1CC1. The van der Waals surface area contributed by atoms with Crippen LogP contribution in [0.3, 0.4) is 0 Å². The van der Waals surface area contributed by atoms with Gasteiger partial charge in [-0.1, -0.05) is 49.0 Å².